The number of benzene rings is 1. The van der Waals surface area contributed by atoms with Gasteiger partial charge in [0.2, 0.25) is 5.91 Å². The average molecular weight is 356 g/mol. The highest BCUT2D eigenvalue weighted by Gasteiger charge is 2.29. The lowest BCUT2D eigenvalue weighted by Gasteiger charge is -2.32. The summed E-state index contributed by atoms with van der Waals surface area (Å²) in [5.41, 5.74) is 0.413. The second-order valence-corrected chi connectivity index (χ2v) is 5.44. The van der Waals surface area contributed by atoms with Crippen LogP contribution in [0.5, 0.6) is 0 Å². The molecule has 3 N–H and O–H groups in total. The van der Waals surface area contributed by atoms with Gasteiger partial charge in [-0.25, -0.2) is 9.59 Å². The number of carbonyl (C=O) groups excluding carboxylic acids is 2. The van der Waals surface area contributed by atoms with Crippen molar-refractivity contribution in [3.05, 3.63) is 28.2 Å². The largest absolute Gasteiger partial charge is 0.478 e. The normalized spacial score (nSPS) is 18.1. The Labute approximate surface area is 129 Å². The molecule has 21 heavy (non-hydrogen) atoms. The van der Waals surface area contributed by atoms with Gasteiger partial charge in [0, 0.05) is 17.6 Å². The highest BCUT2D eigenvalue weighted by molar-refractivity contribution is 9.10. The average Bonchev–Trinajstić information content (AvgIpc) is 2.43. The molecule has 1 saturated heterocycles. The van der Waals surface area contributed by atoms with Gasteiger partial charge in [0.05, 0.1) is 11.3 Å². The standard InChI is InChI=1S/C13H14BrN3O4/c1-7-11(18)15-4-5-17(7)13(21)16-10-6-8(12(19)20)2-3-9(10)14/h2-3,6-7H,4-5H2,1H3,(H,15,18)(H,16,21)(H,19,20). The van der Waals surface area contributed by atoms with Crippen molar-refractivity contribution in [2.45, 2.75) is 13.0 Å². The van der Waals surface area contributed by atoms with E-state index in [1.54, 1.807) is 13.0 Å². The van der Waals surface area contributed by atoms with Crippen molar-refractivity contribution < 1.29 is 19.5 Å². The number of nitrogens with one attached hydrogen (secondary N) is 2. The number of hydrogen-bond donors (Lipinski definition) is 3. The van der Waals surface area contributed by atoms with Crippen molar-refractivity contribution in [3.8, 4) is 0 Å². The molecule has 2 rings (SSSR count). The Morgan fingerprint density at radius 3 is 2.86 bits per heavy atom. The number of piperazine rings is 1. The van der Waals surface area contributed by atoms with Crippen molar-refractivity contribution in [2.75, 3.05) is 18.4 Å². The van der Waals surface area contributed by atoms with Gasteiger partial charge in [0.1, 0.15) is 6.04 Å². The molecule has 1 aliphatic heterocycles. The number of hydrogen-bond acceptors (Lipinski definition) is 3. The minimum atomic E-state index is -1.08. The van der Waals surface area contributed by atoms with Crippen LogP contribution in [0.4, 0.5) is 10.5 Å². The maximum atomic E-state index is 12.2. The third kappa shape index (κ3) is 3.33. The van der Waals surface area contributed by atoms with Gasteiger partial charge in [-0.15, -0.1) is 0 Å². The van der Waals surface area contributed by atoms with Crippen LogP contribution in [0.2, 0.25) is 0 Å². The fourth-order valence-corrected chi connectivity index (χ4v) is 2.35. The SMILES string of the molecule is CC1C(=O)NCCN1C(=O)Nc1cc(C(=O)O)ccc1Br. The number of aromatic carboxylic acids is 1. The Hall–Kier alpha value is -2.09. The molecule has 1 fully saturated rings. The topological polar surface area (TPSA) is 98.7 Å². The van der Waals surface area contributed by atoms with Crippen molar-refractivity contribution >= 4 is 39.5 Å². The summed E-state index contributed by atoms with van der Waals surface area (Å²) in [6.07, 6.45) is 0. The second kappa shape index (κ2) is 6.13. The van der Waals surface area contributed by atoms with Crippen LogP contribution in [0, 0.1) is 0 Å². The molecule has 0 aliphatic carbocycles. The molecule has 0 spiro atoms. The Bertz CT molecular complexity index is 605. The molecule has 0 bridgehead atoms. The third-order valence-corrected chi connectivity index (χ3v) is 3.91. The van der Waals surface area contributed by atoms with Crippen LogP contribution in [0.1, 0.15) is 17.3 Å². The summed E-state index contributed by atoms with van der Waals surface area (Å²) in [4.78, 5) is 36.1. The molecular formula is C13H14BrN3O4. The van der Waals surface area contributed by atoms with E-state index in [0.29, 0.717) is 23.2 Å². The molecule has 1 aromatic carbocycles. The molecule has 7 nitrogen and oxygen atoms in total. The number of carboxylic acids is 1. The van der Waals surface area contributed by atoms with Gasteiger partial charge in [-0.1, -0.05) is 0 Å². The second-order valence-electron chi connectivity index (χ2n) is 4.59. The molecule has 1 unspecified atom stereocenters. The Morgan fingerprint density at radius 1 is 1.48 bits per heavy atom. The van der Waals surface area contributed by atoms with Crippen molar-refractivity contribution in [2.24, 2.45) is 0 Å². The minimum absolute atomic E-state index is 0.0675. The summed E-state index contributed by atoms with van der Waals surface area (Å²) < 4.78 is 0.565. The summed E-state index contributed by atoms with van der Waals surface area (Å²) in [5, 5.41) is 14.3. The highest BCUT2D eigenvalue weighted by Crippen LogP contribution is 2.24. The maximum absolute atomic E-state index is 12.2. The first-order valence-corrected chi connectivity index (χ1v) is 7.07. The van der Waals surface area contributed by atoms with Crippen molar-refractivity contribution in [1.29, 1.82) is 0 Å². The Kier molecular flexibility index (Phi) is 4.46. The van der Waals surface area contributed by atoms with Gasteiger partial charge < -0.3 is 20.6 Å². The predicted molar refractivity (Wildman–Crippen MR) is 79.3 cm³/mol. The molecule has 1 aromatic rings. The van der Waals surface area contributed by atoms with Crippen LogP contribution >= 0.6 is 15.9 Å². The van der Waals surface area contributed by atoms with Gasteiger partial charge in [0.15, 0.2) is 0 Å². The molecule has 1 aliphatic rings. The first-order chi connectivity index (χ1) is 9.90. The van der Waals surface area contributed by atoms with Crippen LogP contribution in [0.25, 0.3) is 0 Å². The summed E-state index contributed by atoms with van der Waals surface area (Å²) in [5.74, 6) is -1.29. The first-order valence-electron chi connectivity index (χ1n) is 6.28. The number of carbonyl (C=O) groups is 3. The van der Waals surface area contributed by atoms with Crippen LogP contribution in [0.3, 0.4) is 0 Å². The fourth-order valence-electron chi connectivity index (χ4n) is 2.00. The fraction of sp³-hybridized carbons (Fsp3) is 0.308. The first kappa shape index (κ1) is 15.3. The number of carboxylic acid groups (broad SMARTS) is 1. The van der Waals surface area contributed by atoms with Gasteiger partial charge in [-0.05, 0) is 41.1 Å². The summed E-state index contributed by atoms with van der Waals surface area (Å²) >= 11 is 3.25. The van der Waals surface area contributed by atoms with E-state index < -0.39 is 18.0 Å². The molecule has 1 heterocycles. The maximum Gasteiger partial charge on any atom is 0.335 e. The smallest absolute Gasteiger partial charge is 0.335 e. The van der Waals surface area contributed by atoms with Crippen molar-refractivity contribution in [3.63, 3.8) is 0 Å². The van der Waals surface area contributed by atoms with E-state index in [2.05, 4.69) is 26.6 Å². The molecule has 3 amide bonds. The number of nitrogens with zero attached hydrogens (tertiary/aromatic N) is 1. The van der Waals surface area contributed by atoms with E-state index in [4.69, 9.17) is 5.11 Å². The zero-order valence-electron chi connectivity index (χ0n) is 11.2. The number of anilines is 1. The van der Waals surface area contributed by atoms with E-state index in [9.17, 15) is 14.4 Å². The van der Waals surface area contributed by atoms with E-state index in [-0.39, 0.29) is 11.5 Å². The zero-order valence-corrected chi connectivity index (χ0v) is 12.8. The minimum Gasteiger partial charge on any atom is -0.478 e. The number of halogens is 1. The van der Waals surface area contributed by atoms with Gasteiger partial charge in [0.25, 0.3) is 0 Å². The van der Waals surface area contributed by atoms with Gasteiger partial charge in [-0.2, -0.15) is 0 Å². The molecule has 112 valence electrons. The molecule has 0 radical (unpaired) electrons. The monoisotopic (exact) mass is 355 g/mol. The third-order valence-electron chi connectivity index (χ3n) is 3.21. The van der Waals surface area contributed by atoms with Crippen LogP contribution in [0.15, 0.2) is 22.7 Å². The number of urea groups is 1. The molecule has 1 atom stereocenters. The zero-order chi connectivity index (χ0) is 15.6. The Balaban J connectivity index is 2.17. The van der Waals surface area contributed by atoms with E-state index in [1.165, 1.54) is 17.0 Å². The van der Waals surface area contributed by atoms with E-state index in [1.807, 2.05) is 0 Å². The predicted octanol–water partition coefficient (Wildman–Crippen LogP) is 1.50. The molecule has 0 aromatic heterocycles. The van der Waals surface area contributed by atoms with Crippen molar-refractivity contribution in [1.82, 2.24) is 10.2 Å². The number of rotatable bonds is 2. The highest BCUT2D eigenvalue weighted by atomic mass is 79.9. The molecular weight excluding hydrogens is 342 g/mol. The van der Waals surface area contributed by atoms with Gasteiger partial charge in [-0.3, -0.25) is 4.79 Å². The molecule has 0 saturated carbocycles. The molecule has 8 heteroatoms. The lowest BCUT2D eigenvalue weighted by atomic mass is 10.2. The van der Waals surface area contributed by atoms with Crippen LogP contribution in [-0.4, -0.2) is 47.0 Å². The summed E-state index contributed by atoms with van der Waals surface area (Å²) in [6, 6.07) is 3.32. The quantitative estimate of drug-likeness (QED) is 0.748. The lowest BCUT2D eigenvalue weighted by Crippen LogP contribution is -2.56. The van der Waals surface area contributed by atoms with Crippen LogP contribution < -0.4 is 10.6 Å². The summed E-state index contributed by atoms with van der Waals surface area (Å²) in [6.45, 7) is 2.43. The van der Waals surface area contributed by atoms with E-state index in [0.717, 1.165) is 0 Å². The van der Waals surface area contributed by atoms with Crippen LogP contribution in [-0.2, 0) is 4.79 Å². The Morgan fingerprint density at radius 2 is 2.19 bits per heavy atom. The number of amides is 3. The van der Waals surface area contributed by atoms with E-state index >= 15 is 0 Å². The van der Waals surface area contributed by atoms with Gasteiger partial charge >= 0.3 is 12.0 Å². The lowest BCUT2D eigenvalue weighted by molar-refractivity contribution is -0.126. The summed E-state index contributed by atoms with van der Waals surface area (Å²) in [7, 11) is 0.